The van der Waals surface area contributed by atoms with Crippen molar-refractivity contribution in [2.75, 3.05) is 6.61 Å². The molecule has 0 amide bonds. The van der Waals surface area contributed by atoms with Gasteiger partial charge in [-0.1, -0.05) is 0 Å². The molecule has 1 fully saturated rings. The van der Waals surface area contributed by atoms with E-state index in [1.54, 1.807) is 0 Å². The maximum Gasteiger partial charge on any atom is 0.488 e. The van der Waals surface area contributed by atoms with Gasteiger partial charge in [0.05, 0.1) is 17.2 Å². The number of hydrogen-bond donors (Lipinski definition) is 0. The van der Waals surface area contributed by atoms with E-state index in [4.69, 9.17) is 14.0 Å². The summed E-state index contributed by atoms with van der Waals surface area (Å²) in [4.78, 5) is 0. The smallest absolute Gasteiger partial charge is 0.402 e. The summed E-state index contributed by atoms with van der Waals surface area (Å²) in [6.45, 7) is 12.8. The highest BCUT2D eigenvalue weighted by atomic mass is 16.7. The third-order valence-electron chi connectivity index (χ3n) is 3.08. The van der Waals surface area contributed by atoms with Crippen molar-refractivity contribution < 1.29 is 14.0 Å². The molecule has 1 unspecified atom stereocenters. The monoisotopic (exact) mass is 200 g/mol. The van der Waals surface area contributed by atoms with Gasteiger partial charge < -0.3 is 14.0 Å². The van der Waals surface area contributed by atoms with E-state index in [0.717, 1.165) is 0 Å². The highest BCUT2D eigenvalue weighted by molar-refractivity contribution is 6.47. The molecule has 1 aliphatic rings. The predicted octanol–water partition coefficient (Wildman–Crippen LogP) is 2.04. The summed E-state index contributed by atoms with van der Waals surface area (Å²) in [5.74, 6) is 0. The molecular weight excluding hydrogens is 179 g/mol. The summed E-state index contributed by atoms with van der Waals surface area (Å²) in [7, 11) is -0.250. The van der Waals surface area contributed by atoms with Crippen LogP contribution in [0.25, 0.3) is 0 Å². The fourth-order valence-electron chi connectivity index (χ4n) is 1.42. The van der Waals surface area contributed by atoms with Gasteiger partial charge in [0.15, 0.2) is 0 Å². The third kappa shape index (κ3) is 2.13. The number of rotatable bonds is 3. The lowest BCUT2D eigenvalue weighted by Gasteiger charge is -2.32. The quantitative estimate of drug-likeness (QED) is 0.652. The molecule has 0 radical (unpaired) electrons. The molecule has 0 spiro atoms. The Morgan fingerprint density at radius 1 is 1.14 bits per heavy atom. The van der Waals surface area contributed by atoms with Crippen LogP contribution in [0.2, 0.25) is 0 Å². The molecular formula is C10H21BO3. The molecule has 0 aromatic rings. The van der Waals surface area contributed by atoms with E-state index in [1.165, 1.54) is 0 Å². The van der Waals surface area contributed by atoms with Crippen molar-refractivity contribution in [2.45, 2.75) is 58.7 Å². The second-order valence-corrected chi connectivity index (χ2v) is 4.79. The Kier molecular flexibility index (Phi) is 3.29. The Bertz CT molecular complexity index is 188. The number of hydrogen-bond acceptors (Lipinski definition) is 3. The Morgan fingerprint density at radius 3 is 1.93 bits per heavy atom. The molecule has 14 heavy (non-hydrogen) atoms. The molecule has 0 N–H and O–H groups in total. The van der Waals surface area contributed by atoms with Crippen LogP contribution in [0.5, 0.6) is 0 Å². The maximum atomic E-state index is 5.83. The van der Waals surface area contributed by atoms with E-state index in [-0.39, 0.29) is 24.3 Å². The minimum absolute atomic E-state index is 0.0129. The van der Waals surface area contributed by atoms with Crippen LogP contribution in [0.15, 0.2) is 0 Å². The van der Waals surface area contributed by atoms with E-state index < -0.39 is 0 Å². The second kappa shape index (κ2) is 3.84. The summed E-state index contributed by atoms with van der Waals surface area (Å²) in [5, 5.41) is 0. The second-order valence-electron chi connectivity index (χ2n) is 4.79. The van der Waals surface area contributed by atoms with Gasteiger partial charge in [0.1, 0.15) is 0 Å². The first-order valence-electron chi connectivity index (χ1n) is 5.27. The van der Waals surface area contributed by atoms with Crippen molar-refractivity contribution >= 4 is 7.12 Å². The van der Waals surface area contributed by atoms with Gasteiger partial charge in [-0.15, -0.1) is 0 Å². The third-order valence-corrected chi connectivity index (χ3v) is 3.08. The molecule has 0 aromatic carbocycles. The van der Waals surface area contributed by atoms with Crippen molar-refractivity contribution in [3.8, 4) is 0 Å². The minimum atomic E-state index is -0.261. The average molecular weight is 200 g/mol. The van der Waals surface area contributed by atoms with Crippen LogP contribution in [0.3, 0.4) is 0 Å². The number of ether oxygens (including phenoxy) is 1. The first kappa shape index (κ1) is 12.0. The summed E-state index contributed by atoms with van der Waals surface area (Å²) < 4.78 is 17.1. The van der Waals surface area contributed by atoms with Crippen LogP contribution < -0.4 is 0 Å². The Morgan fingerprint density at radius 2 is 1.57 bits per heavy atom. The topological polar surface area (TPSA) is 27.7 Å². The highest BCUT2D eigenvalue weighted by Crippen LogP contribution is 2.37. The van der Waals surface area contributed by atoms with Gasteiger partial charge in [-0.05, 0) is 41.5 Å². The first-order chi connectivity index (χ1) is 6.30. The van der Waals surface area contributed by atoms with Gasteiger partial charge in [0, 0.05) is 6.61 Å². The summed E-state index contributed by atoms with van der Waals surface area (Å²) in [6, 6.07) is -0.0129. The molecule has 0 bridgehead atoms. The average Bonchev–Trinajstić information content (AvgIpc) is 2.22. The van der Waals surface area contributed by atoms with Gasteiger partial charge >= 0.3 is 7.12 Å². The van der Waals surface area contributed by atoms with Gasteiger partial charge in [0.2, 0.25) is 0 Å². The van der Waals surface area contributed by atoms with Gasteiger partial charge in [-0.25, -0.2) is 0 Å². The molecule has 1 saturated heterocycles. The van der Waals surface area contributed by atoms with E-state index in [9.17, 15) is 0 Å². The molecule has 1 rings (SSSR count). The molecule has 4 heteroatoms. The molecule has 1 heterocycles. The molecule has 82 valence electrons. The Hall–Kier alpha value is -0.0551. The largest absolute Gasteiger partial charge is 0.488 e. The van der Waals surface area contributed by atoms with Crippen LogP contribution in [0.4, 0.5) is 0 Å². The lowest BCUT2D eigenvalue weighted by atomic mass is 9.82. The minimum Gasteiger partial charge on any atom is -0.402 e. The van der Waals surface area contributed by atoms with Crippen LogP contribution in [-0.2, 0) is 14.0 Å². The molecule has 1 atom stereocenters. The van der Waals surface area contributed by atoms with Crippen LogP contribution >= 0.6 is 0 Å². The lowest BCUT2D eigenvalue weighted by molar-refractivity contribution is 0.00578. The maximum absolute atomic E-state index is 5.83. The normalized spacial score (nSPS) is 26.6. The van der Waals surface area contributed by atoms with Crippen LogP contribution in [-0.4, -0.2) is 30.9 Å². The fraction of sp³-hybridized carbons (Fsp3) is 1.00. The predicted molar refractivity (Wildman–Crippen MR) is 57.2 cm³/mol. The first-order valence-corrected chi connectivity index (χ1v) is 5.27. The fourth-order valence-corrected chi connectivity index (χ4v) is 1.42. The molecule has 0 aromatic heterocycles. The molecule has 1 aliphatic heterocycles. The Labute approximate surface area is 87.3 Å². The Balaban J connectivity index is 2.63. The van der Waals surface area contributed by atoms with Crippen LogP contribution in [0.1, 0.15) is 41.5 Å². The SMILES string of the molecule is CCOC(C)B1OC(C)(C)C(C)(C)O1. The summed E-state index contributed by atoms with van der Waals surface area (Å²) in [5.41, 5.74) is -0.522. The zero-order valence-electron chi connectivity index (χ0n) is 10.1. The van der Waals surface area contributed by atoms with Crippen molar-refractivity contribution in [3.63, 3.8) is 0 Å². The summed E-state index contributed by atoms with van der Waals surface area (Å²) in [6.07, 6.45) is 0. The van der Waals surface area contributed by atoms with Gasteiger partial charge in [0.25, 0.3) is 0 Å². The standard InChI is InChI=1S/C10H21BO3/c1-7-12-8(2)11-13-9(3,4)10(5,6)14-11/h8H,7H2,1-6H3. The van der Waals surface area contributed by atoms with Crippen molar-refractivity contribution in [1.82, 2.24) is 0 Å². The van der Waals surface area contributed by atoms with E-state index >= 15 is 0 Å². The zero-order valence-corrected chi connectivity index (χ0v) is 10.1. The van der Waals surface area contributed by atoms with E-state index in [0.29, 0.717) is 6.61 Å². The summed E-state index contributed by atoms with van der Waals surface area (Å²) >= 11 is 0. The van der Waals surface area contributed by atoms with E-state index in [2.05, 4.69) is 0 Å². The van der Waals surface area contributed by atoms with Gasteiger partial charge in [-0.3, -0.25) is 0 Å². The molecule has 3 nitrogen and oxygen atoms in total. The lowest BCUT2D eigenvalue weighted by Crippen LogP contribution is -2.41. The van der Waals surface area contributed by atoms with Gasteiger partial charge in [-0.2, -0.15) is 0 Å². The van der Waals surface area contributed by atoms with Crippen molar-refractivity contribution in [1.29, 1.82) is 0 Å². The van der Waals surface area contributed by atoms with E-state index in [1.807, 2.05) is 41.5 Å². The van der Waals surface area contributed by atoms with Crippen molar-refractivity contribution in [3.05, 3.63) is 0 Å². The zero-order chi connectivity index (χ0) is 11.0. The molecule has 0 aliphatic carbocycles. The molecule has 0 saturated carbocycles. The highest BCUT2D eigenvalue weighted by Gasteiger charge is 2.53. The van der Waals surface area contributed by atoms with Crippen molar-refractivity contribution in [2.24, 2.45) is 0 Å². The van der Waals surface area contributed by atoms with Crippen LogP contribution in [0, 0.1) is 0 Å².